The minimum absolute atomic E-state index is 0.125. The van der Waals surface area contributed by atoms with Crippen LogP contribution in [-0.4, -0.2) is 50.1 Å². The van der Waals surface area contributed by atoms with E-state index in [1.165, 1.54) is 0 Å². The third-order valence-electron chi connectivity index (χ3n) is 3.21. The molecule has 0 saturated heterocycles. The van der Waals surface area contributed by atoms with Gasteiger partial charge in [-0.15, -0.1) is 0 Å². The molecule has 0 aromatic carbocycles. The van der Waals surface area contributed by atoms with E-state index in [1.54, 1.807) is 12.1 Å². The molecule has 0 aliphatic rings. The summed E-state index contributed by atoms with van der Waals surface area (Å²) in [6.07, 6.45) is 2.64. The van der Waals surface area contributed by atoms with Crippen molar-refractivity contribution in [3.05, 3.63) is 23.7 Å². The Morgan fingerprint density at radius 3 is 2.62 bits per heavy atom. The summed E-state index contributed by atoms with van der Waals surface area (Å²) >= 11 is 0. The third kappa shape index (κ3) is 7.84. The lowest BCUT2D eigenvalue weighted by atomic mass is 10.2. The molecule has 0 radical (unpaired) electrons. The first-order chi connectivity index (χ1) is 11.2. The summed E-state index contributed by atoms with van der Waals surface area (Å²) in [6, 6.07) is 2.65. The molecule has 132 valence electrons. The molecule has 0 bridgehead atoms. The summed E-state index contributed by atoms with van der Waals surface area (Å²) < 4.78 is 5.93. The number of carboxylic acids is 1. The van der Waals surface area contributed by atoms with E-state index in [0.717, 1.165) is 19.3 Å². The van der Waals surface area contributed by atoms with Crippen molar-refractivity contribution >= 4 is 11.9 Å². The highest BCUT2D eigenvalue weighted by Crippen LogP contribution is 2.08. The van der Waals surface area contributed by atoms with Gasteiger partial charge in [0.2, 0.25) is 0 Å². The molecule has 1 unspecified atom stereocenters. The van der Waals surface area contributed by atoms with Crippen molar-refractivity contribution < 1.29 is 23.6 Å². The zero-order chi connectivity index (χ0) is 18.2. The van der Waals surface area contributed by atoms with Gasteiger partial charge >= 0.3 is 0 Å². The Balaban J connectivity index is 2.71. The van der Waals surface area contributed by atoms with Crippen molar-refractivity contribution in [3.63, 3.8) is 0 Å². The van der Waals surface area contributed by atoms with Crippen LogP contribution >= 0.6 is 0 Å². The number of nitrogens with one attached hydrogen (secondary N) is 1. The van der Waals surface area contributed by atoms with Gasteiger partial charge in [0.15, 0.2) is 11.5 Å². The number of carboxylic acid groups (broad SMARTS) is 1. The van der Waals surface area contributed by atoms with Gasteiger partial charge in [-0.05, 0) is 24.5 Å². The van der Waals surface area contributed by atoms with Crippen LogP contribution in [0.4, 0.5) is 0 Å². The smallest absolute Gasteiger partial charge is 0.287 e. The Bertz CT molecular complexity index is 617. The fourth-order valence-corrected chi connectivity index (χ4v) is 2.22. The first-order valence-electron chi connectivity index (χ1n) is 8.11. The average Bonchev–Trinajstić information content (AvgIpc) is 2.90. The quantitative estimate of drug-likeness (QED) is 0.432. The Morgan fingerprint density at radius 1 is 1.33 bits per heavy atom. The van der Waals surface area contributed by atoms with Gasteiger partial charge in [-0.3, -0.25) is 4.79 Å². The van der Waals surface area contributed by atoms with Crippen LogP contribution in [0.5, 0.6) is 0 Å². The molecular formula is C18H26N2O4. The minimum atomic E-state index is -1.20. The van der Waals surface area contributed by atoms with E-state index in [2.05, 4.69) is 24.1 Å². The molecule has 1 atom stereocenters. The topological polar surface area (TPSA) is 82.4 Å². The molecule has 0 spiro atoms. The predicted molar refractivity (Wildman–Crippen MR) is 88.9 cm³/mol. The third-order valence-corrected chi connectivity index (χ3v) is 3.21. The molecule has 6 nitrogen and oxygen atoms in total. The van der Waals surface area contributed by atoms with Crippen molar-refractivity contribution in [1.82, 2.24) is 5.32 Å². The first-order valence-corrected chi connectivity index (χ1v) is 8.11. The normalized spacial score (nSPS) is 12.2. The maximum atomic E-state index is 12.2. The van der Waals surface area contributed by atoms with E-state index in [-0.39, 0.29) is 12.2 Å². The van der Waals surface area contributed by atoms with E-state index in [1.807, 2.05) is 21.1 Å². The molecule has 0 aliphatic heterocycles. The Labute approximate surface area is 143 Å². The van der Waals surface area contributed by atoms with Crippen LogP contribution < -0.4 is 10.4 Å². The lowest BCUT2D eigenvalue weighted by Gasteiger charge is -2.29. The standard InChI is InChI=1S/C18H26N2O4/c1-5-6-7-8-9-15-10-11-16(24-15)18(23)19-14(12-17(21)22)13-20(2,3)4/h10-11,14H,5-7,12-13H2,1-4H3,(H-,19,21,22,23). The largest absolute Gasteiger partial charge is 0.550 e. The Morgan fingerprint density at radius 2 is 2.04 bits per heavy atom. The highest BCUT2D eigenvalue weighted by molar-refractivity contribution is 5.92. The summed E-state index contributed by atoms with van der Waals surface area (Å²) in [5.41, 5.74) is 0. The van der Waals surface area contributed by atoms with E-state index in [0.29, 0.717) is 16.8 Å². The van der Waals surface area contributed by atoms with Gasteiger partial charge < -0.3 is 24.1 Å². The summed E-state index contributed by atoms with van der Waals surface area (Å²) in [5, 5.41) is 13.6. The zero-order valence-electron chi connectivity index (χ0n) is 14.8. The zero-order valence-corrected chi connectivity index (χ0v) is 14.8. The second kappa shape index (κ2) is 9.14. The fourth-order valence-electron chi connectivity index (χ4n) is 2.22. The number of hydrogen-bond acceptors (Lipinski definition) is 4. The number of furan rings is 1. The average molecular weight is 334 g/mol. The number of quaternary nitrogens is 1. The van der Waals surface area contributed by atoms with Crippen molar-refractivity contribution in [2.75, 3.05) is 27.7 Å². The van der Waals surface area contributed by atoms with Gasteiger partial charge in [-0.1, -0.05) is 19.3 Å². The Hall–Kier alpha value is -2.26. The van der Waals surface area contributed by atoms with E-state index < -0.39 is 17.9 Å². The highest BCUT2D eigenvalue weighted by atomic mass is 16.4. The maximum absolute atomic E-state index is 12.2. The van der Waals surface area contributed by atoms with E-state index >= 15 is 0 Å². The van der Waals surface area contributed by atoms with E-state index in [9.17, 15) is 14.7 Å². The summed E-state index contributed by atoms with van der Waals surface area (Å²) in [4.78, 5) is 23.1. The van der Waals surface area contributed by atoms with Crippen molar-refractivity contribution in [2.45, 2.75) is 38.6 Å². The number of hydrogen-bond donors (Lipinski definition) is 1. The summed E-state index contributed by atoms with van der Waals surface area (Å²) in [6.45, 7) is 2.56. The van der Waals surface area contributed by atoms with Gasteiger partial charge in [0.05, 0.1) is 33.7 Å². The molecule has 0 saturated carbocycles. The lowest BCUT2D eigenvalue weighted by molar-refractivity contribution is -0.871. The fraction of sp³-hybridized carbons (Fsp3) is 0.556. The second-order valence-electron chi connectivity index (χ2n) is 6.79. The molecule has 1 aromatic rings. The van der Waals surface area contributed by atoms with Gasteiger partial charge in [0.1, 0.15) is 0 Å². The van der Waals surface area contributed by atoms with Crippen LogP contribution in [0.2, 0.25) is 0 Å². The van der Waals surface area contributed by atoms with Gasteiger partial charge in [0, 0.05) is 18.8 Å². The van der Waals surface area contributed by atoms with Crippen molar-refractivity contribution in [2.24, 2.45) is 0 Å². The number of amides is 1. The molecule has 0 fully saturated rings. The molecule has 24 heavy (non-hydrogen) atoms. The van der Waals surface area contributed by atoms with Crippen LogP contribution in [0.25, 0.3) is 0 Å². The van der Waals surface area contributed by atoms with Crippen LogP contribution in [0.1, 0.15) is 48.9 Å². The maximum Gasteiger partial charge on any atom is 0.287 e. The summed E-state index contributed by atoms with van der Waals surface area (Å²) in [7, 11) is 5.77. The molecule has 1 rings (SSSR count). The van der Waals surface area contributed by atoms with Crippen molar-refractivity contribution in [3.8, 4) is 11.8 Å². The number of rotatable bonds is 8. The molecular weight excluding hydrogens is 308 g/mol. The molecule has 0 aliphatic carbocycles. The predicted octanol–water partition coefficient (Wildman–Crippen LogP) is 0.766. The number of unbranched alkanes of at least 4 members (excludes halogenated alkanes) is 2. The van der Waals surface area contributed by atoms with Crippen molar-refractivity contribution in [1.29, 1.82) is 0 Å². The molecule has 1 aromatic heterocycles. The highest BCUT2D eigenvalue weighted by Gasteiger charge is 2.22. The minimum Gasteiger partial charge on any atom is -0.550 e. The lowest BCUT2D eigenvalue weighted by Crippen LogP contribution is -2.50. The first kappa shape index (κ1) is 19.8. The van der Waals surface area contributed by atoms with Crippen LogP contribution in [0, 0.1) is 11.8 Å². The van der Waals surface area contributed by atoms with E-state index in [4.69, 9.17) is 4.42 Å². The number of nitrogens with zero attached hydrogens (tertiary/aromatic N) is 1. The number of likely N-dealkylation sites (N-methyl/N-ethyl adjacent to an activating group) is 1. The van der Waals surface area contributed by atoms with Gasteiger partial charge in [-0.2, -0.15) is 0 Å². The summed E-state index contributed by atoms with van der Waals surface area (Å²) in [5.74, 6) is 4.77. The SMILES string of the molecule is CCCCC#Cc1ccc(C(=O)NC(CC(=O)[O-])C[N+](C)(C)C)o1. The van der Waals surface area contributed by atoms with Crippen LogP contribution in [-0.2, 0) is 4.79 Å². The number of carbonyl (C=O) groups excluding carboxylic acids is 2. The van der Waals surface area contributed by atoms with Gasteiger partial charge in [-0.25, -0.2) is 0 Å². The number of carbonyl (C=O) groups is 2. The molecule has 1 amide bonds. The monoisotopic (exact) mass is 334 g/mol. The molecule has 1 heterocycles. The van der Waals surface area contributed by atoms with Crippen LogP contribution in [0.3, 0.4) is 0 Å². The van der Waals surface area contributed by atoms with Crippen LogP contribution in [0.15, 0.2) is 16.5 Å². The number of aliphatic carboxylic acids is 1. The Kier molecular flexibility index (Phi) is 7.53. The molecule has 1 N–H and O–H groups in total. The van der Waals surface area contributed by atoms with Gasteiger partial charge in [0.25, 0.3) is 5.91 Å². The second-order valence-corrected chi connectivity index (χ2v) is 6.79. The molecule has 6 heteroatoms.